The number of benzene rings is 1. The smallest absolute Gasteiger partial charge is 0.269 e. The topological polar surface area (TPSA) is 92.4 Å². The van der Waals surface area contributed by atoms with Crippen molar-refractivity contribution in [3.8, 4) is 11.4 Å². The van der Waals surface area contributed by atoms with Gasteiger partial charge >= 0.3 is 0 Å². The van der Waals surface area contributed by atoms with E-state index in [2.05, 4.69) is 9.97 Å². The second kappa shape index (κ2) is 6.95. The Morgan fingerprint density at radius 3 is 2.50 bits per heavy atom. The van der Waals surface area contributed by atoms with E-state index in [0.29, 0.717) is 18.2 Å². The number of hydrogen-bond acceptors (Lipinski definition) is 6. The Morgan fingerprint density at radius 2 is 1.95 bits per heavy atom. The Balaban J connectivity index is 2.40. The largest absolute Gasteiger partial charge is 0.395 e. The molecule has 2 aromatic rings. The molecule has 0 radical (unpaired) electrons. The maximum atomic E-state index is 10.7. The number of nitro benzene ring substituents is 1. The van der Waals surface area contributed by atoms with Crippen LogP contribution in [0.4, 0.5) is 11.5 Å². The minimum atomic E-state index is -0.437. The summed E-state index contributed by atoms with van der Waals surface area (Å²) in [5.41, 5.74) is 1.63. The van der Waals surface area contributed by atoms with E-state index in [9.17, 15) is 10.1 Å². The van der Waals surface area contributed by atoms with Crippen LogP contribution in [-0.4, -0.2) is 40.2 Å². The highest BCUT2D eigenvalue weighted by atomic mass is 16.6. The van der Waals surface area contributed by atoms with Crippen LogP contribution in [0.2, 0.25) is 0 Å². The molecular formula is C15H18N4O3. The molecule has 0 saturated carbocycles. The predicted octanol–water partition coefficient (Wildman–Crippen LogP) is 2.04. The molecule has 2 rings (SSSR count). The molecule has 1 N–H and O–H groups in total. The third-order valence-electron chi connectivity index (χ3n) is 3.29. The van der Waals surface area contributed by atoms with Gasteiger partial charge in [0.2, 0.25) is 0 Å². The quantitative estimate of drug-likeness (QED) is 0.648. The first-order valence-corrected chi connectivity index (χ1v) is 7.00. The van der Waals surface area contributed by atoms with E-state index in [-0.39, 0.29) is 12.3 Å². The minimum Gasteiger partial charge on any atom is -0.395 e. The first kappa shape index (κ1) is 15.8. The van der Waals surface area contributed by atoms with E-state index in [1.807, 2.05) is 24.9 Å². The molecule has 0 amide bonds. The van der Waals surface area contributed by atoms with Crippen LogP contribution in [0.1, 0.15) is 12.6 Å². The maximum absolute atomic E-state index is 10.7. The van der Waals surface area contributed by atoms with Crippen molar-refractivity contribution in [3.63, 3.8) is 0 Å². The number of anilines is 1. The van der Waals surface area contributed by atoms with E-state index in [1.165, 1.54) is 12.1 Å². The fraction of sp³-hybridized carbons (Fsp3) is 0.333. The number of rotatable bonds is 6. The monoisotopic (exact) mass is 302 g/mol. The van der Waals surface area contributed by atoms with Crippen molar-refractivity contribution >= 4 is 11.5 Å². The summed E-state index contributed by atoms with van der Waals surface area (Å²) in [4.78, 5) is 21.1. The van der Waals surface area contributed by atoms with Crippen LogP contribution in [-0.2, 0) is 6.42 Å². The molecule has 7 nitrogen and oxygen atoms in total. The molecular weight excluding hydrogens is 284 g/mol. The Bertz CT molecular complexity index is 658. The average molecular weight is 302 g/mol. The Hall–Kier alpha value is -2.54. The van der Waals surface area contributed by atoms with Gasteiger partial charge in [0.1, 0.15) is 5.82 Å². The first-order valence-electron chi connectivity index (χ1n) is 7.00. The van der Waals surface area contributed by atoms with Gasteiger partial charge in [0.25, 0.3) is 5.69 Å². The van der Waals surface area contributed by atoms with Gasteiger partial charge < -0.3 is 10.0 Å². The molecule has 0 spiro atoms. The Morgan fingerprint density at radius 1 is 1.27 bits per heavy atom. The van der Waals surface area contributed by atoms with Crippen LogP contribution in [0.3, 0.4) is 0 Å². The lowest BCUT2D eigenvalue weighted by Gasteiger charge is -2.18. The van der Waals surface area contributed by atoms with Crippen molar-refractivity contribution in [1.29, 1.82) is 0 Å². The second-order valence-electron chi connectivity index (χ2n) is 4.84. The number of nitrogens with zero attached hydrogens (tertiary/aromatic N) is 4. The second-order valence-corrected chi connectivity index (χ2v) is 4.84. The van der Waals surface area contributed by atoms with Crippen LogP contribution in [0, 0.1) is 10.1 Å². The van der Waals surface area contributed by atoms with Crippen molar-refractivity contribution in [2.75, 3.05) is 25.1 Å². The first-order chi connectivity index (χ1) is 10.5. The summed E-state index contributed by atoms with van der Waals surface area (Å²) in [6, 6.07) is 8.04. The summed E-state index contributed by atoms with van der Waals surface area (Å²) in [6.45, 7) is 2.51. The molecule has 0 aliphatic heterocycles. The summed E-state index contributed by atoms with van der Waals surface area (Å²) in [5, 5.41) is 19.8. The molecule has 0 fully saturated rings. The van der Waals surface area contributed by atoms with Crippen molar-refractivity contribution in [2.24, 2.45) is 0 Å². The Kier molecular flexibility index (Phi) is 5.00. The maximum Gasteiger partial charge on any atom is 0.269 e. The minimum absolute atomic E-state index is 0.0352. The van der Waals surface area contributed by atoms with Crippen LogP contribution in [0.25, 0.3) is 11.4 Å². The third kappa shape index (κ3) is 3.56. The zero-order chi connectivity index (χ0) is 16.1. The summed E-state index contributed by atoms with van der Waals surface area (Å²) >= 11 is 0. The molecule has 0 unspecified atom stereocenters. The number of aliphatic hydroxyl groups is 1. The van der Waals surface area contributed by atoms with Gasteiger partial charge in [-0.1, -0.05) is 6.92 Å². The fourth-order valence-corrected chi connectivity index (χ4v) is 1.99. The number of non-ortho nitro benzene ring substituents is 1. The number of aromatic nitrogens is 2. The van der Waals surface area contributed by atoms with Gasteiger partial charge in [0, 0.05) is 43.0 Å². The van der Waals surface area contributed by atoms with Crippen molar-refractivity contribution < 1.29 is 10.0 Å². The van der Waals surface area contributed by atoms with Crippen LogP contribution >= 0.6 is 0 Å². The highest BCUT2D eigenvalue weighted by Gasteiger charge is 2.11. The number of aliphatic hydroxyl groups excluding tert-OH is 1. The lowest BCUT2D eigenvalue weighted by Crippen LogP contribution is -2.22. The summed E-state index contributed by atoms with van der Waals surface area (Å²) in [6.07, 6.45) is 0.752. The summed E-state index contributed by atoms with van der Waals surface area (Å²) in [5.74, 6) is 1.24. The Labute approximate surface area is 128 Å². The summed E-state index contributed by atoms with van der Waals surface area (Å²) in [7, 11) is 1.84. The number of hydrogen-bond donors (Lipinski definition) is 1. The van der Waals surface area contributed by atoms with Gasteiger partial charge in [-0.25, -0.2) is 9.97 Å². The van der Waals surface area contributed by atoms with Gasteiger partial charge in [-0.3, -0.25) is 10.1 Å². The lowest BCUT2D eigenvalue weighted by atomic mass is 10.2. The fourth-order valence-electron chi connectivity index (χ4n) is 1.99. The van der Waals surface area contributed by atoms with Crippen LogP contribution in [0.5, 0.6) is 0 Å². The lowest BCUT2D eigenvalue weighted by molar-refractivity contribution is -0.384. The molecule has 1 aromatic heterocycles. The van der Waals surface area contributed by atoms with Crippen LogP contribution in [0.15, 0.2) is 30.3 Å². The van der Waals surface area contributed by atoms with E-state index >= 15 is 0 Å². The molecule has 1 heterocycles. The van der Waals surface area contributed by atoms with Gasteiger partial charge in [0.15, 0.2) is 5.82 Å². The average Bonchev–Trinajstić information content (AvgIpc) is 2.54. The molecule has 0 aliphatic rings. The number of nitro groups is 1. The molecule has 22 heavy (non-hydrogen) atoms. The molecule has 7 heteroatoms. The van der Waals surface area contributed by atoms with Gasteiger partial charge in [-0.05, 0) is 18.6 Å². The number of likely N-dealkylation sites (N-methyl/N-ethyl adjacent to an activating group) is 1. The van der Waals surface area contributed by atoms with Gasteiger partial charge in [0.05, 0.1) is 11.5 Å². The highest BCUT2D eigenvalue weighted by Crippen LogP contribution is 2.22. The zero-order valence-electron chi connectivity index (χ0n) is 12.6. The SMILES string of the molecule is CCc1cc(N(C)CCO)nc(-c2ccc([N+](=O)[O-])cc2)n1. The molecule has 0 saturated heterocycles. The van der Waals surface area contributed by atoms with Crippen molar-refractivity contribution in [1.82, 2.24) is 9.97 Å². The molecule has 0 aliphatic carbocycles. The number of aryl methyl sites for hydroxylation is 1. The normalized spacial score (nSPS) is 10.5. The standard InChI is InChI=1S/C15H18N4O3/c1-3-12-10-14(18(2)8-9-20)17-15(16-12)11-4-6-13(7-5-11)19(21)22/h4-7,10,20H,3,8-9H2,1-2H3. The van der Waals surface area contributed by atoms with E-state index in [4.69, 9.17) is 5.11 Å². The van der Waals surface area contributed by atoms with E-state index in [1.54, 1.807) is 12.1 Å². The molecule has 1 aromatic carbocycles. The van der Waals surface area contributed by atoms with Crippen molar-refractivity contribution in [3.05, 3.63) is 46.1 Å². The predicted molar refractivity (Wildman–Crippen MR) is 83.9 cm³/mol. The molecule has 0 atom stereocenters. The van der Waals surface area contributed by atoms with E-state index in [0.717, 1.165) is 17.7 Å². The third-order valence-corrected chi connectivity index (χ3v) is 3.29. The van der Waals surface area contributed by atoms with E-state index < -0.39 is 4.92 Å². The van der Waals surface area contributed by atoms with Crippen LogP contribution < -0.4 is 4.90 Å². The van der Waals surface area contributed by atoms with Gasteiger partial charge in [-0.15, -0.1) is 0 Å². The molecule has 0 bridgehead atoms. The van der Waals surface area contributed by atoms with Crippen molar-refractivity contribution in [2.45, 2.75) is 13.3 Å². The summed E-state index contributed by atoms with van der Waals surface area (Å²) < 4.78 is 0. The highest BCUT2D eigenvalue weighted by molar-refractivity contribution is 5.59. The zero-order valence-corrected chi connectivity index (χ0v) is 12.6. The molecule has 116 valence electrons. The van der Waals surface area contributed by atoms with Gasteiger partial charge in [-0.2, -0.15) is 0 Å².